The molecule has 5 rings (SSSR count). The molecule has 4 heterocycles. The Balaban J connectivity index is 1.51. The van der Waals surface area contributed by atoms with E-state index >= 15 is 0 Å². The smallest absolute Gasteiger partial charge is 0.165 e. The Hall–Kier alpha value is -2.99. The van der Waals surface area contributed by atoms with E-state index in [0.717, 1.165) is 66.6 Å². The van der Waals surface area contributed by atoms with Crippen molar-refractivity contribution < 1.29 is 4.79 Å². The summed E-state index contributed by atoms with van der Waals surface area (Å²) >= 11 is 0. The zero-order valence-corrected chi connectivity index (χ0v) is 16.7. The molecule has 1 N–H and O–H groups in total. The van der Waals surface area contributed by atoms with Crippen LogP contribution >= 0.6 is 0 Å². The number of pyridine rings is 2. The van der Waals surface area contributed by atoms with Crippen molar-refractivity contribution in [2.75, 3.05) is 31.1 Å². The minimum Gasteiger partial charge on any atom is -0.355 e. The molecule has 148 valence electrons. The van der Waals surface area contributed by atoms with Gasteiger partial charge in [-0.25, -0.2) is 9.97 Å². The maximum Gasteiger partial charge on any atom is 0.165 e. The highest BCUT2D eigenvalue weighted by Gasteiger charge is 2.22. The SMILES string of the molecule is Cc1ccn2cc(C3=Cc4ccc(N5CCCNCC5)nc4CCC3=O)nc2c1. The van der Waals surface area contributed by atoms with Gasteiger partial charge in [0.25, 0.3) is 0 Å². The number of allylic oxidation sites excluding steroid dienone is 1. The molecule has 6 nitrogen and oxygen atoms in total. The van der Waals surface area contributed by atoms with E-state index in [0.29, 0.717) is 18.4 Å². The number of rotatable bonds is 2. The Morgan fingerprint density at radius 2 is 2.00 bits per heavy atom. The molecule has 0 unspecified atom stereocenters. The molecule has 6 heteroatoms. The third-order valence-electron chi connectivity index (χ3n) is 5.74. The molecule has 29 heavy (non-hydrogen) atoms. The average molecular weight is 387 g/mol. The highest BCUT2D eigenvalue weighted by atomic mass is 16.1. The van der Waals surface area contributed by atoms with Gasteiger partial charge in [-0.15, -0.1) is 0 Å². The van der Waals surface area contributed by atoms with Gasteiger partial charge >= 0.3 is 0 Å². The average Bonchev–Trinajstić information content (AvgIpc) is 2.88. The molecular weight excluding hydrogens is 362 g/mol. The second kappa shape index (κ2) is 7.44. The van der Waals surface area contributed by atoms with Crippen molar-refractivity contribution >= 4 is 28.9 Å². The van der Waals surface area contributed by atoms with Crippen LogP contribution in [-0.2, 0) is 11.2 Å². The molecule has 0 atom stereocenters. The minimum atomic E-state index is 0.128. The Labute approximate surface area is 170 Å². The van der Waals surface area contributed by atoms with E-state index < -0.39 is 0 Å². The summed E-state index contributed by atoms with van der Waals surface area (Å²) in [6.45, 7) is 6.06. The second-order valence-corrected chi connectivity index (χ2v) is 7.87. The summed E-state index contributed by atoms with van der Waals surface area (Å²) in [5, 5.41) is 3.43. The summed E-state index contributed by atoms with van der Waals surface area (Å²) in [5.74, 6) is 1.14. The summed E-state index contributed by atoms with van der Waals surface area (Å²) in [7, 11) is 0. The van der Waals surface area contributed by atoms with Crippen LogP contribution in [0.5, 0.6) is 0 Å². The van der Waals surface area contributed by atoms with Crippen LogP contribution < -0.4 is 10.2 Å². The molecule has 1 saturated heterocycles. The summed E-state index contributed by atoms with van der Waals surface area (Å²) in [6, 6.07) is 8.26. The number of nitrogens with one attached hydrogen (secondary N) is 1. The van der Waals surface area contributed by atoms with Gasteiger partial charge in [0.1, 0.15) is 11.5 Å². The van der Waals surface area contributed by atoms with Gasteiger partial charge in [0, 0.05) is 44.0 Å². The zero-order chi connectivity index (χ0) is 19.8. The molecular formula is C23H25N5O. The molecule has 0 radical (unpaired) electrons. The predicted molar refractivity (Wildman–Crippen MR) is 115 cm³/mol. The molecule has 3 aromatic heterocycles. The number of imidazole rings is 1. The summed E-state index contributed by atoms with van der Waals surface area (Å²) < 4.78 is 1.97. The fourth-order valence-corrected chi connectivity index (χ4v) is 4.12. The van der Waals surface area contributed by atoms with Crippen molar-refractivity contribution in [1.82, 2.24) is 19.7 Å². The molecule has 0 saturated carbocycles. The van der Waals surface area contributed by atoms with Gasteiger partial charge in [-0.2, -0.15) is 0 Å². The van der Waals surface area contributed by atoms with Gasteiger partial charge in [-0.1, -0.05) is 0 Å². The van der Waals surface area contributed by atoms with Gasteiger partial charge < -0.3 is 14.6 Å². The molecule has 0 spiro atoms. The lowest BCUT2D eigenvalue weighted by molar-refractivity contribution is -0.113. The largest absolute Gasteiger partial charge is 0.355 e. The van der Waals surface area contributed by atoms with E-state index in [1.807, 2.05) is 41.9 Å². The highest BCUT2D eigenvalue weighted by molar-refractivity contribution is 6.25. The number of ketones is 1. The lowest BCUT2D eigenvalue weighted by Gasteiger charge is -2.22. The number of Topliss-reactive ketones (excluding diaryl/α,β-unsaturated/α-hetero) is 1. The van der Waals surface area contributed by atoms with E-state index in [4.69, 9.17) is 9.97 Å². The van der Waals surface area contributed by atoms with Crippen molar-refractivity contribution in [3.63, 3.8) is 0 Å². The maximum atomic E-state index is 12.9. The highest BCUT2D eigenvalue weighted by Crippen LogP contribution is 2.28. The number of carbonyl (C=O) groups excluding carboxylic acids is 1. The number of carbonyl (C=O) groups is 1. The van der Waals surface area contributed by atoms with Gasteiger partial charge in [0.15, 0.2) is 5.78 Å². The maximum absolute atomic E-state index is 12.9. The van der Waals surface area contributed by atoms with Gasteiger partial charge in [0.05, 0.1) is 11.4 Å². The Morgan fingerprint density at radius 3 is 2.93 bits per heavy atom. The van der Waals surface area contributed by atoms with E-state index in [1.165, 1.54) is 0 Å². The van der Waals surface area contributed by atoms with Crippen molar-refractivity contribution in [3.8, 4) is 0 Å². The summed E-state index contributed by atoms with van der Waals surface area (Å²) in [6.07, 6.45) is 8.15. The predicted octanol–water partition coefficient (Wildman–Crippen LogP) is 2.89. The van der Waals surface area contributed by atoms with Crippen LogP contribution in [0.25, 0.3) is 17.3 Å². The lowest BCUT2D eigenvalue weighted by atomic mass is 10.1. The normalized spacial score (nSPS) is 17.6. The minimum absolute atomic E-state index is 0.128. The van der Waals surface area contributed by atoms with Gasteiger partial charge in [-0.05, 0) is 67.8 Å². The summed E-state index contributed by atoms with van der Waals surface area (Å²) in [4.78, 5) is 24.9. The van der Waals surface area contributed by atoms with E-state index in [-0.39, 0.29) is 5.78 Å². The van der Waals surface area contributed by atoms with Crippen LogP contribution in [0.1, 0.15) is 35.4 Å². The molecule has 1 fully saturated rings. The van der Waals surface area contributed by atoms with Gasteiger partial charge in [-0.3, -0.25) is 4.79 Å². The first-order valence-electron chi connectivity index (χ1n) is 10.3. The van der Waals surface area contributed by atoms with Crippen LogP contribution in [0.2, 0.25) is 0 Å². The number of hydrogen-bond donors (Lipinski definition) is 1. The number of hydrogen-bond acceptors (Lipinski definition) is 5. The molecule has 1 aliphatic heterocycles. The molecule has 0 bridgehead atoms. The first-order chi connectivity index (χ1) is 14.2. The van der Waals surface area contributed by atoms with Crippen LogP contribution in [0.4, 0.5) is 5.82 Å². The van der Waals surface area contributed by atoms with Crippen LogP contribution in [0.3, 0.4) is 0 Å². The van der Waals surface area contributed by atoms with Crippen LogP contribution in [-0.4, -0.2) is 46.3 Å². The van der Waals surface area contributed by atoms with E-state index in [2.05, 4.69) is 22.3 Å². The molecule has 0 amide bonds. The Bertz CT molecular complexity index is 1110. The fourth-order valence-electron chi connectivity index (χ4n) is 4.12. The third kappa shape index (κ3) is 3.56. The quantitative estimate of drug-likeness (QED) is 0.733. The first-order valence-corrected chi connectivity index (χ1v) is 10.3. The molecule has 2 aliphatic rings. The van der Waals surface area contributed by atoms with Crippen molar-refractivity contribution in [2.45, 2.75) is 26.2 Å². The number of aromatic nitrogens is 3. The molecule has 1 aliphatic carbocycles. The van der Waals surface area contributed by atoms with E-state index in [9.17, 15) is 4.79 Å². The fraction of sp³-hybridized carbons (Fsp3) is 0.348. The number of aryl methyl sites for hydroxylation is 2. The first kappa shape index (κ1) is 18.1. The Morgan fingerprint density at radius 1 is 1.07 bits per heavy atom. The number of fused-ring (bicyclic) bond motifs is 2. The zero-order valence-electron chi connectivity index (χ0n) is 16.7. The van der Waals surface area contributed by atoms with Crippen molar-refractivity contribution in [2.24, 2.45) is 0 Å². The van der Waals surface area contributed by atoms with Crippen molar-refractivity contribution in [1.29, 1.82) is 0 Å². The van der Waals surface area contributed by atoms with Crippen molar-refractivity contribution in [3.05, 3.63) is 59.2 Å². The van der Waals surface area contributed by atoms with Gasteiger partial charge in [0.2, 0.25) is 0 Å². The second-order valence-electron chi connectivity index (χ2n) is 7.87. The molecule has 3 aromatic rings. The van der Waals surface area contributed by atoms with Crippen LogP contribution in [0, 0.1) is 6.92 Å². The summed E-state index contributed by atoms with van der Waals surface area (Å²) in [5.41, 5.74) is 5.45. The standard InChI is InChI=1S/C23H25N5O/c1-16-7-11-28-15-20(26-23(28)13-16)18-14-17-3-6-22(25-19(17)4-5-21(18)29)27-10-2-8-24-9-12-27/h3,6-7,11,13-15,24H,2,4-5,8-10,12H2,1H3. The van der Waals surface area contributed by atoms with E-state index in [1.54, 1.807) is 0 Å². The lowest BCUT2D eigenvalue weighted by Crippen LogP contribution is -2.28. The van der Waals surface area contributed by atoms with Crippen LogP contribution in [0.15, 0.2) is 36.7 Å². The monoisotopic (exact) mass is 387 g/mol. The Kier molecular flexibility index (Phi) is 4.64. The third-order valence-corrected chi connectivity index (χ3v) is 5.74. The topological polar surface area (TPSA) is 62.5 Å². The molecule has 0 aromatic carbocycles. The number of nitrogens with zero attached hydrogens (tertiary/aromatic N) is 4. The number of anilines is 1.